The zero-order chi connectivity index (χ0) is 14.0. The van der Waals surface area contributed by atoms with E-state index in [0.29, 0.717) is 23.5 Å². The lowest BCUT2D eigenvalue weighted by Crippen LogP contribution is -2.27. The van der Waals surface area contributed by atoms with Gasteiger partial charge in [0.05, 0.1) is 13.5 Å². The van der Waals surface area contributed by atoms with Gasteiger partial charge < -0.3 is 9.47 Å². The van der Waals surface area contributed by atoms with Gasteiger partial charge >= 0.3 is 0 Å². The number of carbonyl (C=O) groups excluding carboxylic acids is 1. The topological polar surface area (TPSA) is 35.5 Å². The molecule has 0 amide bonds. The lowest BCUT2D eigenvalue weighted by Gasteiger charge is -2.23. The molecule has 1 aromatic carbocycles. The van der Waals surface area contributed by atoms with Gasteiger partial charge in [-0.3, -0.25) is 4.79 Å². The average Bonchev–Trinajstić information content (AvgIpc) is 2.34. The summed E-state index contributed by atoms with van der Waals surface area (Å²) >= 11 is 0. The Hall–Kier alpha value is -1.73. The van der Waals surface area contributed by atoms with Gasteiger partial charge in [0.15, 0.2) is 11.9 Å². The SMILES string of the molecule is COc1cccc2c1C(=O)C[C@H](C#C[Si](C)(C)C)O2. The Labute approximate surface area is 114 Å². The summed E-state index contributed by atoms with van der Waals surface area (Å²) in [4.78, 5) is 12.2. The standard InChI is InChI=1S/C15H18O3Si/c1-17-13-6-5-7-14-15(13)12(16)10-11(18-14)8-9-19(2,3)4/h5-7,11H,10H2,1-4H3/t11-/m0/s1. The minimum atomic E-state index is -1.45. The molecule has 0 bridgehead atoms. The van der Waals surface area contributed by atoms with Crippen LogP contribution in [-0.2, 0) is 0 Å². The first-order valence-corrected chi connectivity index (χ1v) is 9.80. The molecule has 0 saturated heterocycles. The first kappa shape index (κ1) is 13.7. The van der Waals surface area contributed by atoms with Crippen LogP contribution < -0.4 is 9.47 Å². The van der Waals surface area contributed by atoms with E-state index in [1.807, 2.05) is 6.07 Å². The van der Waals surface area contributed by atoms with Crippen molar-refractivity contribution in [1.29, 1.82) is 0 Å². The minimum absolute atomic E-state index is 0.0357. The molecule has 1 aromatic rings. The Morgan fingerprint density at radius 1 is 1.37 bits per heavy atom. The van der Waals surface area contributed by atoms with Crippen LogP contribution in [0.4, 0.5) is 0 Å². The Morgan fingerprint density at radius 2 is 2.11 bits per heavy atom. The zero-order valence-electron chi connectivity index (χ0n) is 11.7. The predicted octanol–water partition coefficient (Wildman–Crippen LogP) is 2.91. The summed E-state index contributed by atoms with van der Waals surface area (Å²) in [5, 5.41) is 0. The normalized spacial score (nSPS) is 17.9. The van der Waals surface area contributed by atoms with Gasteiger partial charge in [0.1, 0.15) is 25.1 Å². The van der Waals surface area contributed by atoms with E-state index in [1.54, 1.807) is 19.2 Å². The number of rotatable bonds is 1. The monoisotopic (exact) mass is 274 g/mol. The van der Waals surface area contributed by atoms with E-state index < -0.39 is 8.07 Å². The van der Waals surface area contributed by atoms with Crippen molar-refractivity contribution in [3.8, 4) is 23.0 Å². The highest BCUT2D eigenvalue weighted by Gasteiger charge is 2.28. The van der Waals surface area contributed by atoms with Gasteiger partial charge in [-0.15, -0.1) is 5.54 Å². The van der Waals surface area contributed by atoms with Crippen molar-refractivity contribution in [1.82, 2.24) is 0 Å². The van der Waals surface area contributed by atoms with Gasteiger partial charge in [0.2, 0.25) is 0 Å². The van der Waals surface area contributed by atoms with E-state index >= 15 is 0 Å². The number of benzene rings is 1. The largest absolute Gasteiger partial charge is 0.496 e. The molecule has 0 fully saturated rings. The number of ketones is 1. The van der Waals surface area contributed by atoms with Crippen LogP contribution in [0, 0.1) is 11.5 Å². The molecule has 1 atom stereocenters. The fraction of sp³-hybridized carbons (Fsp3) is 0.400. The van der Waals surface area contributed by atoms with Crippen LogP contribution in [-0.4, -0.2) is 27.1 Å². The van der Waals surface area contributed by atoms with Crippen LogP contribution in [0.3, 0.4) is 0 Å². The number of hydrogen-bond donors (Lipinski definition) is 0. The number of fused-ring (bicyclic) bond motifs is 1. The van der Waals surface area contributed by atoms with E-state index in [2.05, 4.69) is 31.1 Å². The third-order valence-corrected chi connectivity index (χ3v) is 3.63. The van der Waals surface area contributed by atoms with E-state index in [4.69, 9.17) is 9.47 Å². The van der Waals surface area contributed by atoms with Crippen molar-refractivity contribution in [3.05, 3.63) is 23.8 Å². The Morgan fingerprint density at radius 3 is 2.74 bits per heavy atom. The highest BCUT2D eigenvalue weighted by molar-refractivity contribution is 6.83. The second-order valence-corrected chi connectivity index (χ2v) is 10.3. The maximum atomic E-state index is 12.2. The highest BCUT2D eigenvalue weighted by atomic mass is 28.3. The van der Waals surface area contributed by atoms with Crippen LogP contribution >= 0.6 is 0 Å². The van der Waals surface area contributed by atoms with Crippen molar-refractivity contribution in [2.75, 3.05) is 7.11 Å². The molecule has 19 heavy (non-hydrogen) atoms. The summed E-state index contributed by atoms with van der Waals surface area (Å²) in [5.41, 5.74) is 3.79. The first-order valence-electron chi connectivity index (χ1n) is 6.30. The van der Waals surface area contributed by atoms with E-state index in [-0.39, 0.29) is 11.9 Å². The molecule has 1 heterocycles. The van der Waals surface area contributed by atoms with Gasteiger partial charge in [-0.05, 0) is 12.1 Å². The Bertz CT molecular complexity index is 561. The smallest absolute Gasteiger partial charge is 0.175 e. The van der Waals surface area contributed by atoms with Crippen molar-refractivity contribution < 1.29 is 14.3 Å². The molecule has 4 heteroatoms. The zero-order valence-corrected chi connectivity index (χ0v) is 12.7. The van der Waals surface area contributed by atoms with Gasteiger partial charge in [-0.2, -0.15) is 0 Å². The third-order valence-electron chi connectivity index (χ3n) is 2.73. The molecule has 1 aliphatic heterocycles. The molecule has 1 aliphatic rings. The van der Waals surface area contributed by atoms with E-state index in [0.717, 1.165) is 0 Å². The summed E-state index contributed by atoms with van der Waals surface area (Å²) in [7, 11) is 0.106. The number of carbonyl (C=O) groups is 1. The molecule has 100 valence electrons. The van der Waals surface area contributed by atoms with Gasteiger partial charge in [-0.25, -0.2) is 0 Å². The number of methoxy groups -OCH3 is 1. The molecule has 0 N–H and O–H groups in total. The molecule has 0 aromatic heterocycles. The van der Waals surface area contributed by atoms with Crippen LogP contribution in [0.2, 0.25) is 19.6 Å². The molecular formula is C15H18O3Si. The van der Waals surface area contributed by atoms with Gasteiger partial charge in [-0.1, -0.05) is 31.6 Å². The fourth-order valence-corrected chi connectivity index (χ4v) is 2.49. The molecule has 0 saturated carbocycles. The molecular weight excluding hydrogens is 256 g/mol. The van der Waals surface area contributed by atoms with Crippen LogP contribution in [0.15, 0.2) is 18.2 Å². The number of Topliss-reactive ketones (excluding diaryl/α,β-unsaturated/α-hetero) is 1. The molecule has 0 spiro atoms. The average molecular weight is 274 g/mol. The van der Waals surface area contributed by atoms with Gasteiger partial charge in [0, 0.05) is 0 Å². The number of hydrogen-bond acceptors (Lipinski definition) is 3. The third kappa shape index (κ3) is 3.18. The Kier molecular flexibility index (Phi) is 3.68. The lowest BCUT2D eigenvalue weighted by atomic mass is 10.00. The quantitative estimate of drug-likeness (QED) is 0.583. The number of ether oxygens (including phenoxy) is 2. The summed E-state index contributed by atoms with van der Waals surface area (Å²) in [6, 6.07) is 5.38. The van der Waals surface area contributed by atoms with Crippen molar-refractivity contribution >= 4 is 13.9 Å². The summed E-state index contributed by atoms with van der Waals surface area (Å²) < 4.78 is 11.0. The molecule has 0 radical (unpaired) electrons. The first-order chi connectivity index (χ1) is 8.90. The van der Waals surface area contributed by atoms with E-state index in [1.165, 1.54) is 0 Å². The van der Waals surface area contributed by atoms with E-state index in [9.17, 15) is 4.79 Å². The lowest BCUT2D eigenvalue weighted by molar-refractivity contribution is 0.0895. The van der Waals surface area contributed by atoms with Crippen molar-refractivity contribution in [2.45, 2.75) is 32.2 Å². The predicted molar refractivity (Wildman–Crippen MR) is 77.5 cm³/mol. The van der Waals surface area contributed by atoms with Crippen LogP contribution in [0.1, 0.15) is 16.8 Å². The van der Waals surface area contributed by atoms with Crippen LogP contribution in [0.5, 0.6) is 11.5 Å². The second-order valence-electron chi connectivity index (χ2n) is 5.59. The molecule has 0 unspecified atom stereocenters. The van der Waals surface area contributed by atoms with Gasteiger partial charge in [0.25, 0.3) is 0 Å². The molecule has 3 nitrogen and oxygen atoms in total. The van der Waals surface area contributed by atoms with Crippen LogP contribution in [0.25, 0.3) is 0 Å². The second kappa shape index (κ2) is 5.10. The summed E-state index contributed by atoms with van der Waals surface area (Å²) in [6.07, 6.45) is -0.0379. The molecule has 2 rings (SSSR count). The highest BCUT2D eigenvalue weighted by Crippen LogP contribution is 2.34. The molecule has 0 aliphatic carbocycles. The summed E-state index contributed by atoms with van der Waals surface area (Å²) in [6.45, 7) is 6.50. The van der Waals surface area contributed by atoms with Crippen molar-refractivity contribution in [2.24, 2.45) is 0 Å². The minimum Gasteiger partial charge on any atom is -0.496 e. The fourth-order valence-electron chi connectivity index (χ4n) is 1.90. The maximum absolute atomic E-state index is 12.2. The summed E-state index contributed by atoms with van der Waals surface area (Å²) in [5.74, 6) is 4.28. The maximum Gasteiger partial charge on any atom is 0.175 e. The van der Waals surface area contributed by atoms with Crippen molar-refractivity contribution in [3.63, 3.8) is 0 Å². The Balaban J connectivity index is 2.30.